The normalized spacial score (nSPS) is 11.0. The summed E-state index contributed by atoms with van der Waals surface area (Å²) in [7, 11) is 0. The monoisotopic (exact) mass is 541 g/mol. The molecule has 0 radical (unpaired) electrons. The summed E-state index contributed by atoms with van der Waals surface area (Å²) in [6, 6.07) is 8.32. The van der Waals surface area contributed by atoms with Crippen molar-refractivity contribution in [1.82, 2.24) is 20.6 Å². The molecule has 0 atom stereocenters. The van der Waals surface area contributed by atoms with Crippen LogP contribution in [0.25, 0.3) is 0 Å². The van der Waals surface area contributed by atoms with Gasteiger partial charge in [-0.05, 0) is 50.6 Å². The van der Waals surface area contributed by atoms with Crippen LogP contribution in [0.4, 0.5) is 4.39 Å². The number of benzene rings is 1. The van der Waals surface area contributed by atoms with Crippen molar-refractivity contribution in [3.05, 3.63) is 69.7 Å². The van der Waals surface area contributed by atoms with E-state index in [0.29, 0.717) is 24.8 Å². The highest BCUT2D eigenvalue weighted by molar-refractivity contribution is 14.0. The first kappa shape index (κ1) is 24.0. The van der Waals surface area contributed by atoms with Gasteiger partial charge in [-0.15, -0.1) is 35.3 Å². The summed E-state index contributed by atoms with van der Waals surface area (Å²) < 4.78 is 19.9. The van der Waals surface area contributed by atoms with Gasteiger partial charge in [0.05, 0.1) is 30.0 Å². The first-order valence-corrected chi connectivity index (χ1v) is 10.2. The largest absolute Gasteiger partial charge is 0.453 e. The molecule has 9 heteroatoms. The Hall–Kier alpha value is -2.27. The lowest BCUT2D eigenvalue weighted by molar-refractivity contribution is 0.440. The number of ether oxygens (including phenoxy) is 1. The Morgan fingerprint density at radius 1 is 1.23 bits per heavy atom. The van der Waals surface area contributed by atoms with Crippen LogP contribution in [-0.4, -0.2) is 22.5 Å². The van der Waals surface area contributed by atoms with Crippen molar-refractivity contribution < 1.29 is 9.13 Å². The molecule has 0 aliphatic heterocycles. The maximum Gasteiger partial charge on any atom is 0.191 e. The molecule has 0 unspecified atom stereocenters. The molecule has 30 heavy (non-hydrogen) atoms. The predicted octanol–water partition coefficient (Wildman–Crippen LogP) is 4.96. The van der Waals surface area contributed by atoms with Crippen molar-refractivity contribution in [2.75, 3.05) is 6.54 Å². The fourth-order valence-corrected chi connectivity index (χ4v) is 3.55. The van der Waals surface area contributed by atoms with E-state index in [1.54, 1.807) is 48.0 Å². The second-order valence-corrected chi connectivity index (χ2v) is 7.63. The Morgan fingerprint density at radius 2 is 2.07 bits per heavy atom. The lowest BCUT2D eigenvalue weighted by Crippen LogP contribution is -2.36. The molecule has 0 saturated carbocycles. The first-order valence-electron chi connectivity index (χ1n) is 9.36. The topological polar surface area (TPSA) is 71.4 Å². The molecule has 2 N–H and O–H groups in total. The van der Waals surface area contributed by atoms with E-state index < -0.39 is 5.82 Å². The number of halogens is 2. The number of pyridine rings is 1. The highest BCUT2D eigenvalue weighted by Crippen LogP contribution is 2.24. The van der Waals surface area contributed by atoms with Gasteiger partial charge in [-0.3, -0.25) is 4.98 Å². The van der Waals surface area contributed by atoms with Crippen LogP contribution in [0, 0.1) is 19.7 Å². The zero-order valence-electron chi connectivity index (χ0n) is 17.1. The summed E-state index contributed by atoms with van der Waals surface area (Å²) in [4.78, 5) is 14.1. The number of guanidine groups is 1. The molecule has 0 spiro atoms. The molecule has 6 nitrogen and oxygen atoms in total. The van der Waals surface area contributed by atoms with Gasteiger partial charge in [0.2, 0.25) is 0 Å². The smallest absolute Gasteiger partial charge is 0.191 e. The maximum atomic E-state index is 14.4. The molecule has 160 valence electrons. The third kappa shape index (κ3) is 6.91. The fraction of sp³-hybridized carbons (Fsp3) is 0.286. The Balaban J connectivity index is 0.00000320. The zero-order chi connectivity index (χ0) is 20.6. The van der Waals surface area contributed by atoms with Gasteiger partial charge < -0.3 is 15.4 Å². The maximum absolute atomic E-state index is 14.4. The molecule has 0 aliphatic carbocycles. The second-order valence-electron chi connectivity index (χ2n) is 6.35. The second kappa shape index (κ2) is 11.8. The Kier molecular flexibility index (Phi) is 9.44. The summed E-state index contributed by atoms with van der Waals surface area (Å²) in [5, 5.41) is 7.56. The van der Waals surface area contributed by atoms with Gasteiger partial charge in [0, 0.05) is 17.6 Å². The van der Waals surface area contributed by atoms with E-state index in [4.69, 9.17) is 4.74 Å². The lowest BCUT2D eigenvalue weighted by Gasteiger charge is -2.11. The number of hydrogen-bond acceptors (Lipinski definition) is 5. The highest BCUT2D eigenvalue weighted by Gasteiger charge is 2.08. The van der Waals surface area contributed by atoms with Gasteiger partial charge >= 0.3 is 0 Å². The van der Waals surface area contributed by atoms with E-state index in [1.165, 1.54) is 10.9 Å². The van der Waals surface area contributed by atoms with Crippen LogP contribution in [0.2, 0.25) is 0 Å². The fourth-order valence-electron chi connectivity index (χ4n) is 2.67. The van der Waals surface area contributed by atoms with Crippen LogP contribution >= 0.6 is 35.3 Å². The van der Waals surface area contributed by atoms with E-state index in [1.807, 2.05) is 20.8 Å². The molecular formula is C21H25FIN5OS. The van der Waals surface area contributed by atoms with E-state index >= 15 is 0 Å². The van der Waals surface area contributed by atoms with Crippen molar-refractivity contribution in [2.45, 2.75) is 33.9 Å². The molecule has 3 rings (SSSR count). The number of aromatic nitrogens is 2. The van der Waals surface area contributed by atoms with E-state index in [-0.39, 0.29) is 29.7 Å². The first-order chi connectivity index (χ1) is 14.0. The van der Waals surface area contributed by atoms with Crippen molar-refractivity contribution in [2.24, 2.45) is 4.99 Å². The molecular weight excluding hydrogens is 516 g/mol. The average molecular weight is 541 g/mol. The Labute approximate surface area is 197 Å². The molecule has 0 amide bonds. The third-order valence-electron chi connectivity index (χ3n) is 4.04. The summed E-state index contributed by atoms with van der Waals surface area (Å²) in [5.74, 6) is 0.889. The number of aryl methyl sites for hydroxylation is 2. The molecule has 0 aliphatic rings. The molecule has 0 saturated heterocycles. The molecule has 1 aromatic carbocycles. The number of nitrogens with one attached hydrogen (secondary N) is 2. The number of hydrogen-bond donors (Lipinski definition) is 2. The van der Waals surface area contributed by atoms with E-state index in [9.17, 15) is 4.39 Å². The minimum absolute atomic E-state index is 0. The molecule has 0 fully saturated rings. The van der Waals surface area contributed by atoms with Gasteiger partial charge in [0.25, 0.3) is 0 Å². The molecule has 3 aromatic rings. The van der Waals surface area contributed by atoms with Gasteiger partial charge in [-0.2, -0.15) is 0 Å². The standard InChI is InChI=1S/C21H24FN5OS.HI/c1-4-24-21(26-13-20-14(2)27-15(3)29-20)25-11-16-7-8-19(18(22)10-16)28-17-6-5-9-23-12-17;/h5-10,12H,4,11,13H2,1-3H3,(H2,24,25,26);1H. The summed E-state index contributed by atoms with van der Waals surface area (Å²) in [5.41, 5.74) is 1.78. The number of rotatable bonds is 7. The number of thiazole rings is 1. The van der Waals surface area contributed by atoms with Gasteiger partial charge in [-0.25, -0.2) is 14.4 Å². The number of nitrogens with zero attached hydrogens (tertiary/aromatic N) is 3. The van der Waals surface area contributed by atoms with Crippen LogP contribution < -0.4 is 15.4 Å². The predicted molar refractivity (Wildman–Crippen MR) is 129 cm³/mol. The summed E-state index contributed by atoms with van der Waals surface area (Å²) in [6.45, 7) is 7.73. The van der Waals surface area contributed by atoms with Gasteiger partial charge in [0.1, 0.15) is 5.75 Å². The summed E-state index contributed by atoms with van der Waals surface area (Å²) >= 11 is 1.67. The Morgan fingerprint density at radius 3 is 2.70 bits per heavy atom. The van der Waals surface area contributed by atoms with E-state index in [0.717, 1.165) is 22.8 Å². The van der Waals surface area contributed by atoms with Crippen molar-refractivity contribution in [1.29, 1.82) is 0 Å². The quantitative estimate of drug-likeness (QED) is 0.252. The van der Waals surface area contributed by atoms with Crippen molar-refractivity contribution in [3.8, 4) is 11.5 Å². The van der Waals surface area contributed by atoms with Crippen LogP contribution in [0.3, 0.4) is 0 Å². The van der Waals surface area contributed by atoms with Gasteiger partial charge in [-0.1, -0.05) is 6.07 Å². The molecule has 2 heterocycles. The van der Waals surface area contributed by atoms with Crippen LogP contribution in [-0.2, 0) is 13.1 Å². The van der Waals surface area contributed by atoms with Crippen LogP contribution in [0.1, 0.15) is 28.1 Å². The highest BCUT2D eigenvalue weighted by atomic mass is 127. The Bertz CT molecular complexity index is 981. The third-order valence-corrected chi connectivity index (χ3v) is 5.11. The minimum Gasteiger partial charge on any atom is -0.453 e. The summed E-state index contributed by atoms with van der Waals surface area (Å²) in [6.07, 6.45) is 3.18. The van der Waals surface area contributed by atoms with Crippen LogP contribution in [0.15, 0.2) is 47.7 Å². The lowest BCUT2D eigenvalue weighted by atomic mass is 10.2. The number of aliphatic imine (C=N–C) groups is 1. The van der Waals surface area contributed by atoms with Crippen molar-refractivity contribution in [3.63, 3.8) is 0 Å². The van der Waals surface area contributed by atoms with Crippen LogP contribution in [0.5, 0.6) is 11.5 Å². The zero-order valence-corrected chi connectivity index (χ0v) is 20.3. The minimum atomic E-state index is -0.435. The molecule has 2 aromatic heterocycles. The average Bonchev–Trinajstić information content (AvgIpc) is 3.04. The van der Waals surface area contributed by atoms with Gasteiger partial charge in [0.15, 0.2) is 17.5 Å². The molecule has 0 bridgehead atoms. The SMILES string of the molecule is CCNC(=NCc1ccc(Oc2cccnc2)c(F)c1)NCc1sc(C)nc1C.I. The van der Waals surface area contributed by atoms with Crippen molar-refractivity contribution >= 4 is 41.3 Å². The van der Waals surface area contributed by atoms with E-state index in [2.05, 4.69) is 25.6 Å².